The minimum Gasteiger partial charge on any atom is -0.545 e. The lowest BCUT2D eigenvalue weighted by Gasteiger charge is -2.11. The van der Waals surface area contributed by atoms with Crippen LogP contribution >= 0.6 is 0 Å². The van der Waals surface area contributed by atoms with E-state index in [1.165, 1.54) is 12.1 Å². The summed E-state index contributed by atoms with van der Waals surface area (Å²) in [6, 6.07) is 13.2. The molecule has 0 aliphatic carbocycles. The average molecular weight is 243 g/mol. The number of carbonyl (C=O) groups excluding carboxylic acids is 1. The Labute approximate surface area is 104 Å². The van der Waals surface area contributed by atoms with Crippen molar-refractivity contribution in [1.82, 2.24) is 0 Å². The van der Waals surface area contributed by atoms with Crippen LogP contribution in [0, 0.1) is 0 Å². The quantitative estimate of drug-likeness (QED) is 0.822. The molecule has 0 fully saturated rings. The summed E-state index contributed by atoms with van der Waals surface area (Å²) in [6.45, 7) is 0. The van der Waals surface area contributed by atoms with E-state index in [1.54, 1.807) is 37.4 Å². The number of benzene rings is 2. The highest BCUT2D eigenvalue weighted by Gasteiger charge is 2.04. The second kappa shape index (κ2) is 5.23. The van der Waals surface area contributed by atoms with Crippen LogP contribution in [0.15, 0.2) is 48.5 Å². The Hall–Kier alpha value is -2.49. The van der Waals surface area contributed by atoms with Gasteiger partial charge in [0.1, 0.15) is 5.75 Å². The van der Waals surface area contributed by atoms with Crippen LogP contribution in [0.4, 0.5) is 0 Å². The van der Waals surface area contributed by atoms with Gasteiger partial charge in [-0.05, 0) is 24.3 Å². The summed E-state index contributed by atoms with van der Waals surface area (Å²) in [5, 5.41) is 10.7. The molecule has 0 atom stereocenters. The molecular weight excluding hydrogens is 232 g/mol. The van der Waals surface area contributed by atoms with E-state index in [9.17, 15) is 9.90 Å². The third kappa shape index (κ3) is 2.60. The number of ether oxygens (including phenoxy) is 2. The van der Waals surface area contributed by atoms with Crippen molar-refractivity contribution < 1.29 is 19.4 Å². The van der Waals surface area contributed by atoms with Crippen molar-refractivity contribution in [3.63, 3.8) is 0 Å². The lowest BCUT2D eigenvalue weighted by Crippen LogP contribution is -2.21. The van der Waals surface area contributed by atoms with Crippen molar-refractivity contribution in [2.75, 3.05) is 7.11 Å². The molecule has 0 amide bonds. The molecule has 0 heterocycles. The van der Waals surface area contributed by atoms with Crippen LogP contribution in [0.1, 0.15) is 10.4 Å². The summed E-state index contributed by atoms with van der Waals surface area (Å²) in [5.74, 6) is 0.286. The van der Waals surface area contributed by atoms with Gasteiger partial charge in [-0.1, -0.05) is 24.3 Å². The Balaban J connectivity index is 2.28. The molecule has 0 unspecified atom stereocenters. The van der Waals surface area contributed by atoms with Crippen molar-refractivity contribution in [3.8, 4) is 17.2 Å². The number of hydrogen-bond acceptors (Lipinski definition) is 4. The van der Waals surface area contributed by atoms with Gasteiger partial charge in [0.05, 0.1) is 13.1 Å². The predicted octanol–water partition coefficient (Wildman–Crippen LogP) is 1.85. The van der Waals surface area contributed by atoms with Gasteiger partial charge in [0.2, 0.25) is 0 Å². The molecule has 0 bridgehead atoms. The van der Waals surface area contributed by atoms with Crippen LogP contribution in [-0.4, -0.2) is 13.1 Å². The monoisotopic (exact) mass is 243 g/mol. The summed E-state index contributed by atoms with van der Waals surface area (Å²) < 4.78 is 10.7. The van der Waals surface area contributed by atoms with Crippen LogP contribution in [-0.2, 0) is 0 Å². The van der Waals surface area contributed by atoms with E-state index in [-0.39, 0.29) is 5.56 Å². The first kappa shape index (κ1) is 12.0. The van der Waals surface area contributed by atoms with E-state index in [0.29, 0.717) is 17.2 Å². The van der Waals surface area contributed by atoms with Crippen molar-refractivity contribution in [2.24, 2.45) is 0 Å². The Morgan fingerprint density at radius 3 is 2.44 bits per heavy atom. The number of methoxy groups -OCH3 is 1. The molecule has 2 rings (SSSR count). The zero-order valence-electron chi connectivity index (χ0n) is 9.75. The van der Waals surface area contributed by atoms with Gasteiger partial charge in [0.15, 0.2) is 11.5 Å². The summed E-state index contributed by atoms with van der Waals surface area (Å²) in [7, 11) is 1.54. The molecule has 0 spiro atoms. The normalized spacial score (nSPS) is 9.83. The van der Waals surface area contributed by atoms with Crippen LogP contribution in [0.25, 0.3) is 0 Å². The fourth-order valence-corrected chi connectivity index (χ4v) is 1.52. The van der Waals surface area contributed by atoms with Gasteiger partial charge in [-0.15, -0.1) is 0 Å². The molecular formula is C14H11O4-. The van der Waals surface area contributed by atoms with Crippen molar-refractivity contribution in [3.05, 3.63) is 54.1 Å². The van der Waals surface area contributed by atoms with E-state index in [0.717, 1.165) is 0 Å². The summed E-state index contributed by atoms with van der Waals surface area (Å²) in [4.78, 5) is 10.7. The lowest BCUT2D eigenvalue weighted by molar-refractivity contribution is -0.255. The fraction of sp³-hybridized carbons (Fsp3) is 0.0714. The first-order chi connectivity index (χ1) is 8.70. The Bertz CT molecular complexity index is 563. The van der Waals surface area contributed by atoms with Crippen LogP contribution in [0.3, 0.4) is 0 Å². The van der Waals surface area contributed by atoms with Gasteiger partial charge in [0, 0.05) is 5.56 Å². The molecule has 92 valence electrons. The molecule has 4 heteroatoms. The zero-order valence-corrected chi connectivity index (χ0v) is 9.75. The first-order valence-corrected chi connectivity index (χ1v) is 5.33. The van der Waals surface area contributed by atoms with Gasteiger partial charge in [0.25, 0.3) is 0 Å². The van der Waals surface area contributed by atoms with Crippen LogP contribution < -0.4 is 14.6 Å². The number of hydrogen-bond donors (Lipinski definition) is 0. The van der Waals surface area contributed by atoms with E-state index >= 15 is 0 Å². The number of rotatable bonds is 4. The topological polar surface area (TPSA) is 58.6 Å². The maximum Gasteiger partial charge on any atom is 0.169 e. The summed E-state index contributed by atoms with van der Waals surface area (Å²) in [5.41, 5.74) is 0.0717. The third-order valence-corrected chi connectivity index (χ3v) is 2.37. The molecule has 0 aliphatic rings. The van der Waals surface area contributed by atoms with Gasteiger partial charge >= 0.3 is 0 Å². The van der Waals surface area contributed by atoms with Gasteiger partial charge in [-0.3, -0.25) is 0 Å². The van der Waals surface area contributed by atoms with Crippen molar-refractivity contribution in [2.45, 2.75) is 0 Å². The van der Waals surface area contributed by atoms with E-state index in [4.69, 9.17) is 9.47 Å². The van der Waals surface area contributed by atoms with E-state index in [2.05, 4.69) is 0 Å². The second-order valence-electron chi connectivity index (χ2n) is 3.57. The number of aromatic carboxylic acids is 1. The SMILES string of the molecule is COc1ccccc1Oc1cccc(C(=O)[O-])c1. The van der Waals surface area contributed by atoms with Crippen molar-refractivity contribution >= 4 is 5.97 Å². The summed E-state index contributed by atoms with van der Waals surface area (Å²) in [6.07, 6.45) is 0. The highest BCUT2D eigenvalue weighted by atomic mass is 16.5. The van der Waals surface area contributed by atoms with Gasteiger partial charge in [-0.2, -0.15) is 0 Å². The number of carbonyl (C=O) groups is 1. The molecule has 2 aromatic carbocycles. The maximum atomic E-state index is 10.7. The molecule has 4 nitrogen and oxygen atoms in total. The highest BCUT2D eigenvalue weighted by Crippen LogP contribution is 2.30. The molecule has 18 heavy (non-hydrogen) atoms. The molecule has 2 aromatic rings. The predicted molar refractivity (Wildman–Crippen MR) is 63.8 cm³/mol. The van der Waals surface area contributed by atoms with Crippen LogP contribution in [0.5, 0.6) is 17.2 Å². The third-order valence-electron chi connectivity index (χ3n) is 2.37. The standard InChI is InChI=1S/C14H12O4/c1-17-12-7-2-3-8-13(12)18-11-6-4-5-10(9-11)14(15)16/h2-9H,1H3,(H,15,16)/p-1. The molecule has 0 saturated heterocycles. The second-order valence-corrected chi connectivity index (χ2v) is 3.57. The highest BCUT2D eigenvalue weighted by molar-refractivity contribution is 5.86. The van der Waals surface area contributed by atoms with E-state index in [1.807, 2.05) is 6.07 Å². The number of carboxylic acid groups (broad SMARTS) is 1. The first-order valence-electron chi connectivity index (χ1n) is 5.33. The Morgan fingerprint density at radius 2 is 1.78 bits per heavy atom. The fourth-order valence-electron chi connectivity index (χ4n) is 1.52. The number of para-hydroxylation sites is 2. The minimum atomic E-state index is -1.24. The van der Waals surface area contributed by atoms with E-state index < -0.39 is 5.97 Å². The van der Waals surface area contributed by atoms with Gasteiger partial charge < -0.3 is 19.4 Å². The molecule has 0 aliphatic heterocycles. The number of carboxylic acids is 1. The Kier molecular flexibility index (Phi) is 3.48. The molecule has 0 N–H and O–H groups in total. The average Bonchev–Trinajstić information content (AvgIpc) is 2.39. The molecule has 0 saturated carbocycles. The summed E-state index contributed by atoms with van der Waals surface area (Å²) >= 11 is 0. The van der Waals surface area contributed by atoms with Gasteiger partial charge in [-0.25, -0.2) is 0 Å². The molecule has 0 aromatic heterocycles. The Morgan fingerprint density at radius 1 is 1.06 bits per heavy atom. The minimum absolute atomic E-state index is 0.0717. The maximum absolute atomic E-state index is 10.7. The lowest BCUT2D eigenvalue weighted by atomic mass is 10.2. The molecule has 0 radical (unpaired) electrons. The largest absolute Gasteiger partial charge is 0.545 e. The van der Waals surface area contributed by atoms with Crippen LogP contribution in [0.2, 0.25) is 0 Å². The smallest absolute Gasteiger partial charge is 0.169 e. The van der Waals surface area contributed by atoms with Crippen molar-refractivity contribution in [1.29, 1.82) is 0 Å². The zero-order chi connectivity index (χ0) is 13.0.